The summed E-state index contributed by atoms with van der Waals surface area (Å²) in [5, 5.41) is 3.26. The molecule has 2 heterocycles. The first-order valence-electron chi connectivity index (χ1n) is 6.07. The van der Waals surface area contributed by atoms with Gasteiger partial charge in [-0.2, -0.15) is 4.98 Å². The monoisotopic (exact) mass is 220 g/mol. The molecule has 88 valence electrons. The zero-order chi connectivity index (χ0) is 11.4. The molecule has 4 nitrogen and oxygen atoms in total. The summed E-state index contributed by atoms with van der Waals surface area (Å²) >= 11 is 0. The van der Waals surface area contributed by atoms with Gasteiger partial charge in [0.2, 0.25) is 5.95 Å². The Morgan fingerprint density at radius 3 is 2.81 bits per heavy atom. The molecule has 16 heavy (non-hydrogen) atoms. The molecule has 1 aliphatic rings. The lowest BCUT2D eigenvalue weighted by Crippen LogP contribution is -2.20. The fraction of sp³-hybridized carbons (Fsp3) is 0.667. The first kappa shape index (κ1) is 11.2. The van der Waals surface area contributed by atoms with E-state index in [1.165, 1.54) is 12.8 Å². The Morgan fingerprint density at radius 2 is 2.12 bits per heavy atom. The van der Waals surface area contributed by atoms with E-state index in [1.54, 1.807) is 0 Å². The van der Waals surface area contributed by atoms with Crippen LogP contribution in [0.15, 0.2) is 12.3 Å². The summed E-state index contributed by atoms with van der Waals surface area (Å²) in [6.45, 7) is 7.53. The highest BCUT2D eigenvalue weighted by Crippen LogP contribution is 2.18. The molecule has 0 unspecified atom stereocenters. The summed E-state index contributed by atoms with van der Waals surface area (Å²) in [5.74, 6) is 2.41. The maximum absolute atomic E-state index is 4.53. The summed E-state index contributed by atoms with van der Waals surface area (Å²) in [5.41, 5.74) is 0. The Hall–Kier alpha value is -1.32. The molecule has 0 aliphatic carbocycles. The molecule has 1 saturated heterocycles. The summed E-state index contributed by atoms with van der Waals surface area (Å²) in [6.07, 6.45) is 4.39. The van der Waals surface area contributed by atoms with Crippen LogP contribution in [0, 0.1) is 5.92 Å². The maximum Gasteiger partial charge on any atom is 0.224 e. The van der Waals surface area contributed by atoms with Gasteiger partial charge >= 0.3 is 0 Å². The smallest absolute Gasteiger partial charge is 0.224 e. The third-order valence-electron chi connectivity index (χ3n) is 2.74. The van der Waals surface area contributed by atoms with Crippen LogP contribution in [0.4, 0.5) is 11.8 Å². The topological polar surface area (TPSA) is 41.1 Å². The zero-order valence-corrected chi connectivity index (χ0v) is 10.1. The molecule has 1 aromatic rings. The minimum Gasteiger partial charge on any atom is -0.356 e. The van der Waals surface area contributed by atoms with Crippen molar-refractivity contribution in [2.75, 3.05) is 29.9 Å². The minimum atomic E-state index is 0.610. The van der Waals surface area contributed by atoms with Crippen LogP contribution >= 0.6 is 0 Å². The Balaban J connectivity index is 2.01. The van der Waals surface area contributed by atoms with Crippen LogP contribution in [0.1, 0.15) is 26.7 Å². The van der Waals surface area contributed by atoms with Crippen LogP contribution in [0.5, 0.6) is 0 Å². The number of hydrogen-bond donors (Lipinski definition) is 1. The quantitative estimate of drug-likeness (QED) is 0.844. The van der Waals surface area contributed by atoms with Gasteiger partial charge in [0.05, 0.1) is 0 Å². The van der Waals surface area contributed by atoms with Gasteiger partial charge in [0.25, 0.3) is 0 Å². The van der Waals surface area contributed by atoms with E-state index in [2.05, 4.69) is 34.0 Å². The number of anilines is 2. The summed E-state index contributed by atoms with van der Waals surface area (Å²) in [4.78, 5) is 11.1. The maximum atomic E-state index is 4.53. The summed E-state index contributed by atoms with van der Waals surface area (Å²) in [6, 6.07) is 1.99. The third-order valence-corrected chi connectivity index (χ3v) is 2.74. The molecule has 0 radical (unpaired) electrons. The summed E-state index contributed by atoms with van der Waals surface area (Å²) in [7, 11) is 0. The second kappa shape index (κ2) is 5.14. The normalized spacial score (nSPS) is 15.8. The highest BCUT2D eigenvalue weighted by molar-refractivity contribution is 5.43. The molecule has 4 heteroatoms. The van der Waals surface area contributed by atoms with Crippen molar-refractivity contribution >= 4 is 11.8 Å². The van der Waals surface area contributed by atoms with E-state index >= 15 is 0 Å². The molecular formula is C12H20N4. The predicted molar refractivity (Wildman–Crippen MR) is 66.8 cm³/mol. The van der Waals surface area contributed by atoms with Gasteiger partial charge in [0.15, 0.2) is 0 Å². The van der Waals surface area contributed by atoms with Crippen molar-refractivity contribution in [3.63, 3.8) is 0 Å². The second-order valence-electron chi connectivity index (χ2n) is 4.71. The van der Waals surface area contributed by atoms with Crippen molar-refractivity contribution in [2.45, 2.75) is 26.7 Å². The molecule has 1 fully saturated rings. The molecule has 0 saturated carbocycles. The lowest BCUT2D eigenvalue weighted by atomic mass is 10.2. The van der Waals surface area contributed by atoms with Crippen molar-refractivity contribution in [1.29, 1.82) is 0 Å². The highest BCUT2D eigenvalue weighted by Gasteiger charge is 2.13. The van der Waals surface area contributed by atoms with Gasteiger partial charge < -0.3 is 10.2 Å². The van der Waals surface area contributed by atoms with Crippen LogP contribution in [-0.4, -0.2) is 29.6 Å². The number of hydrogen-bond acceptors (Lipinski definition) is 4. The van der Waals surface area contributed by atoms with Crippen molar-refractivity contribution in [1.82, 2.24) is 9.97 Å². The molecule has 2 rings (SSSR count). The van der Waals surface area contributed by atoms with Crippen LogP contribution in [0.3, 0.4) is 0 Å². The molecule has 1 N–H and O–H groups in total. The molecule has 0 spiro atoms. The van der Waals surface area contributed by atoms with E-state index in [9.17, 15) is 0 Å². The lowest BCUT2D eigenvalue weighted by Gasteiger charge is -2.16. The average molecular weight is 220 g/mol. The van der Waals surface area contributed by atoms with Crippen LogP contribution in [0.25, 0.3) is 0 Å². The summed E-state index contributed by atoms with van der Waals surface area (Å²) < 4.78 is 0. The Labute approximate surface area is 97.1 Å². The third kappa shape index (κ3) is 2.84. The van der Waals surface area contributed by atoms with E-state index in [0.717, 1.165) is 31.4 Å². The Kier molecular flexibility index (Phi) is 3.59. The van der Waals surface area contributed by atoms with E-state index in [-0.39, 0.29) is 0 Å². The Bertz CT molecular complexity index is 332. The van der Waals surface area contributed by atoms with Gasteiger partial charge in [-0.05, 0) is 24.8 Å². The highest BCUT2D eigenvalue weighted by atomic mass is 15.2. The van der Waals surface area contributed by atoms with Gasteiger partial charge in [-0.25, -0.2) is 4.98 Å². The average Bonchev–Trinajstić information content (AvgIpc) is 2.80. The molecule has 1 aromatic heterocycles. The van der Waals surface area contributed by atoms with Gasteiger partial charge in [0.1, 0.15) is 5.82 Å². The number of rotatable bonds is 4. The Morgan fingerprint density at radius 1 is 1.38 bits per heavy atom. The minimum absolute atomic E-state index is 0.610. The molecule has 0 amide bonds. The SMILES string of the molecule is CC(C)CNc1nccc(N2CCCC2)n1. The standard InChI is InChI=1S/C12H20N4/c1-10(2)9-14-12-13-6-5-11(15-12)16-7-3-4-8-16/h5-6,10H,3-4,7-9H2,1-2H3,(H,13,14,15). The largest absolute Gasteiger partial charge is 0.356 e. The fourth-order valence-corrected chi connectivity index (χ4v) is 1.85. The molecular weight excluding hydrogens is 200 g/mol. The second-order valence-corrected chi connectivity index (χ2v) is 4.71. The van der Waals surface area contributed by atoms with Crippen molar-refractivity contribution in [3.05, 3.63) is 12.3 Å². The van der Waals surface area contributed by atoms with Crippen molar-refractivity contribution in [2.24, 2.45) is 5.92 Å². The van der Waals surface area contributed by atoms with Gasteiger partial charge in [0, 0.05) is 25.8 Å². The van der Waals surface area contributed by atoms with Gasteiger partial charge in [-0.3, -0.25) is 0 Å². The number of aromatic nitrogens is 2. The zero-order valence-electron chi connectivity index (χ0n) is 10.1. The molecule has 0 aromatic carbocycles. The number of nitrogens with one attached hydrogen (secondary N) is 1. The van der Waals surface area contributed by atoms with Gasteiger partial charge in [-0.1, -0.05) is 13.8 Å². The molecule has 0 atom stereocenters. The fourth-order valence-electron chi connectivity index (χ4n) is 1.85. The van der Waals surface area contributed by atoms with E-state index in [0.29, 0.717) is 5.92 Å². The number of nitrogens with zero attached hydrogens (tertiary/aromatic N) is 3. The van der Waals surface area contributed by atoms with Crippen LogP contribution in [-0.2, 0) is 0 Å². The van der Waals surface area contributed by atoms with Crippen molar-refractivity contribution in [3.8, 4) is 0 Å². The van der Waals surface area contributed by atoms with E-state index < -0.39 is 0 Å². The first-order valence-corrected chi connectivity index (χ1v) is 6.07. The first-order chi connectivity index (χ1) is 7.75. The van der Waals surface area contributed by atoms with Gasteiger partial charge in [-0.15, -0.1) is 0 Å². The molecule has 1 aliphatic heterocycles. The van der Waals surface area contributed by atoms with Crippen LogP contribution in [0.2, 0.25) is 0 Å². The van der Waals surface area contributed by atoms with E-state index in [1.807, 2.05) is 12.3 Å². The molecule has 0 bridgehead atoms. The van der Waals surface area contributed by atoms with Crippen LogP contribution < -0.4 is 10.2 Å². The van der Waals surface area contributed by atoms with E-state index in [4.69, 9.17) is 0 Å². The lowest BCUT2D eigenvalue weighted by molar-refractivity contribution is 0.684. The van der Waals surface area contributed by atoms with Crippen molar-refractivity contribution < 1.29 is 0 Å². The predicted octanol–water partition coefficient (Wildman–Crippen LogP) is 2.14.